The summed E-state index contributed by atoms with van der Waals surface area (Å²) < 4.78 is 0.886. The molecular formula is C6H7BrCl2N2. The van der Waals surface area contributed by atoms with Crippen LogP contribution in [0, 0.1) is 0 Å². The minimum Gasteiger partial charge on any atom is -0.372 e. The van der Waals surface area contributed by atoms with E-state index in [2.05, 4.69) is 26.2 Å². The molecule has 0 fully saturated rings. The number of halogens is 3. The molecule has 0 saturated heterocycles. The van der Waals surface area contributed by atoms with Gasteiger partial charge in [0.25, 0.3) is 0 Å². The van der Waals surface area contributed by atoms with E-state index in [0.29, 0.717) is 10.8 Å². The summed E-state index contributed by atoms with van der Waals surface area (Å²) in [6.07, 6.45) is 1.69. The second-order valence-corrected chi connectivity index (χ2v) is 3.06. The van der Waals surface area contributed by atoms with Gasteiger partial charge in [0.2, 0.25) is 0 Å². The summed E-state index contributed by atoms with van der Waals surface area (Å²) in [5, 5.41) is 3.48. The summed E-state index contributed by atoms with van der Waals surface area (Å²) in [7, 11) is 1.78. The zero-order valence-electron chi connectivity index (χ0n) is 5.77. The molecular weight excluding hydrogens is 251 g/mol. The van der Waals surface area contributed by atoms with Crippen molar-refractivity contribution >= 4 is 45.8 Å². The lowest BCUT2D eigenvalue weighted by atomic mass is 10.5. The molecule has 0 aliphatic carbocycles. The highest BCUT2D eigenvalue weighted by Gasteiger charge is 1.97. The number of hydrogen-bond donors (Lipinski definition) is 1. The lowest BCUT2D eigenvalue weighted by Gasteiger charge is -2.00. The van der Waals surface area contributed by atoms with Crippen molar-refractivity contribution in [3.63, 3.8) is 0 Å². The van der Waals surface area contributed by atoms with Gasteiger partial charge in [-0.3, -0.25) is 0 Å². The Labute approximate surface area is 84.9 Å². The van der Waals surface area contributed by atoms with Crippen LogP contribution in [0.3, 0.4) is 0 Å². The SMILES string of the molecule is CNc1ncc(Br)cc1Cl.Cl. The fourth-order valence-electron chi connectivity index (χ4n) is 0.599. The molecule has 2 nitrogen and oxygen atoms in total. The molecule has 1 heterocycles. The Morgan fingerprint density at radius 3 is 2.73 bits per heavy atom. The Bertz CT molecular complexity index is 242. The minimum atomic E-state index is 0. The predicted molar refractivity (Wildman–Crippen MR) is 53.7 cm³/mol. The lowest BCUT2D eigenvalue weighted by molar-refractivity contribution is 1.27. The van der Waals surface area contributed by atoms with Gasteiger partial charge in [-0.1, -0.05) is 11.6 Å². The highest BCUT2D eigenvalue weighted by atomic mass is 79.9. The smallest absolute Gasteiger partial charge is 0.144 e. The Hall–Kier alpha value is 0.01000. The van der Waals surface area contributed by atoms with Crippen LogP contribution in [0.25, 0.3) is 0 Å². The van der Waals surface area contributed by atoms with Crippen molar-refractivity contribution in [2.45, 2.75) is 0 Å². The average molecular weight is 258 g/mol. The first-order valence-corrected chi connectivity index (χ1v) is 3.90. The molecule has 62 valence electrons. The van der Waals surface area contributed by atoms with Crippen molar-refractivity contribution in [2.75, 3.05) is 12.4 Å². The minimum absolute atomic E-state index is 0. The second-order valence-electron chi connectivity index (χ2n) is 1.73. The zero-order valence-corrected chi connectivity index (χ0v) is 8.92. The molecule has 0 aliphatic heterocycles. The monoisotopic (exact) mass is 256 g/mol. The average Bonchev–Trinajstić information content (AvgIpc) is 1.88. The Morgan fingerprint density at radius 2 is 2.27 bits per heavy atom. The van der Waals surface area contributed by atoms with Crippen LogP contribution in [0.1, 0.15) is 0 Å². The van der Waals surface area contributed by atoms with Crippen LogP contribution in [0.15, 0.2) is 16.7 Å². The number of aromatic nitrogens is 1. The maximum Gasteiger partial charge on any atom is 0.144 e. The quantitative estimate of drug-likeness (QED) is 0.837. The first kappa shape index (κ1) is 11.0. The second kappa shape index (κ2) is 4.80. The molecule has 5 heteroatoms. The highest BCUT2D eigenvalue weighted by Crippen LogP contribution is 2.21. The van der Waals surface area contributed by atoms with Crippen LogP contribution in [0.2, 0.25) is 5.02 Å². The highest BCUT2D eigenvalue weighted by molar-refractivity contribution is 9.10. The molecule has 1 aromatic rings. The van der Waals surface area contributed by atoms with Gasteiger partial charge >= 0.3 is 0 Å². The van der Waals surface area contributed by atoms with E-state index in [0.717, 1.165) is 4.47 Å². The van der Waals surface area contributed by atoms with Crippen molar-refractivity contribution in [2.24, 2.45) is 0 Å². The summed E-state index contributed by atoms with van der Waals surface area (Å²) >= 11 is 9.03. The largest absolute Gasteiger partial charge is 0.372 e. The summed E-state index contributed by atoms with van der Waals surface area (Å²) in [5.74, 6) is 0.699. The maximum absolute atomic E-state index is 5.77. The van der Waals surface area contributed by atoms with Crippen molar-refractivity contribution < 1.29 is 0 Å². The lowest BCUT2D eigenvalue weighted by Crippen LogP contribution is -1.91. The zero-order chi connectivity index (χ0) is 7.56. The van der Waals surface area contributed by atoms with Gasteiger partial charge in [-0.05, 0) is 22.0 Å². The van der Waals surface area contributed by atoms with E-state index in [1.807, 2.05) is 0 Å². The molecule has 1 rings (SSSR count). The van der Waals surface area contributed by atoms with Crippen LogP contribution < -0.4 is 5.32 Å². The van der Waals surface area contributed by atoms with E-state index in [9.17, 15) is 0 Å². The molecule has 0 spiro atoms. The Morgan fingerprint density at radius 1 is 1.64 bits per heavy atom. The summed E-state index contributed by atoms with van der Waals surface area (Å²) in [6.45, 7) is 0. The molecule has 0 aliphatic rings. The summed E-state index contributed by atoms with van der Waals surface area (Å²) in [6, 6.07) is 1.79. The van der Waals surface area contributed by atoms with Gasteiger partial charge in [0, 0.05) is 17.7 Å². The maximum atomic E-state index is 5.77. The van der Waals surface area contributed by atoms with E-state index < -0.39 is 0 Å². The molecule has 1 N–H and O–H groups in total. The fraction of sp³-hybridized carbons (Fsp3) is 0.167. The van der Waals surface area contributed by atoms with E-state index >= 15 is 0 Å². The van der Waals surface area contributed by atoms with Gasteiger partial charge in [0.1, 0.15) is 5.82 Å². The van der Waals surface area contributed by atoms with Crippen LogP contribution in [0.5, 0.6) is 0 Å². The molecule has 0 aromatic carbocycles. The van der Waals surface area contributed by atoms with Crippen molar-refractivity contribution in [1.82, 2.24) is 4.98 Å². The van der Waals surface area contributed by atoms with E-state index in [1.54, 1.807) is 19.3 Å². The third-order valence-corrected chi connectivity index (χ3v) is 1.77. The van der Waals surface area contributed by atoms with Crippen molar-refractivity contribution in [3.05, 3.63) is 21.8 Å². The number of pyridine rings is 1. The third kappa shape index (κ3) is 2.85. The summed E-state index contributed by atoms with van der Waals surface area (Å²) in [4.78, 5) is 4.01. The van der Waals surface area contributed by atoms with Crippen LogP contribution >= 0.6 is 39.9 Å². The number of anilines is 1. The van der Waals surface area contributed by atoms with Gasteiger partial charge in [-0.25, -0.2) is 4.98 Å². The Balaban J connectivity index is 0.000001000. The Kier molecular flexibility index (Phi) is 4.81. The molecule has 0 unspecified atom stereocenters. The van der Waals surface area contributed by atoms with Gasteiger partial charge in [-0.2, -0.15) is 0 Å². The first-order chi connectivity index (χ1) is 4.74. The van der Waals surface area contributed by atoms with E-state index in [-0.39, 0.29) is 12.4 Å². The summed E-state index contributed by atoms with van der Waals surface area (Å²) in [5.41, 5.74) is 0. The molecule has 0 bridgehead atoms. The fourth-order valence-corrected chi connectivity index (χ4v) is 1.32. The molecule has 0 radical (unpaired) electrons. The van der Waals surface area contributed by atoms with E-state index in [1.165, 1.54) is 0 Å². The molecule has 0 saturated carbocycles. The van der Waals surface area contributed by atoms with Crippen molar-refractivity contribution in [3.8, 4) is 0 Å². The molecule has 11 heavy (non-hydrogen) atoms. The predicted octanol–water partition coefficient (Wildman–Crippen LogP) is 2.96. The van der Waals surface area contributed by atoms with Gasteiger partial charge in [0.05, 0.1) is 5.02 Å². The third-order valence-electron chi connectivity index (χ3n) is 1.04. The van der Waals surface area contributed by atoms with Crippen LogP contribution in [-0.4, -0.2) is 12.0 Å². The standard InChI is InChI=1S/C6H6BrClN2.ClH/c1-9-6-5(8)2-4(7)3-10-6;/h2-3H,1H3,(H,9,10);1H. The number of hydrogen-bond acceptors (Lipinski definition) is 2. The molecule has 1 aromatic heterocycles. The van der Waals surface area contributed by atoms with Gasteiger partial charge in [-0.15, -0.1) is 12.4 Å². The van der Waals surface area contributed by atoms with Crippen LogP contribution in [0.4, 0.5) is 5.82 Å². The molecule has 0 amide bonds. The van der Waals surface area contributed by atoms with Gasteiger partial charge < -0.3 is 5.32 Å². The van der Waals surface area contributed by atoms with E-state index in [4.69, 9.17) is 11.6 Å². The molecule has 0 atom stereocenters. The topological polar surface area (TPSA) is 24.9 Å². The first-order valence-electron chi connectivity index (χ1n) is 2.73. The number of nitrogens with one attached hydrogen (secondary N) is 1. The van der Waals surface area contributed by atoms with Gasteiger partial charge in [0.15, 0.2) is 0 Å². The normalized spacial score (nSPS) is 8.64. The van der Waals surface area contributed by atoms with Crippen molar-refractivity contribution in [1.29, 1.82) is 0 Å². The number of nitrogens with zero attached hydrogens (tertiary/aromatic N) is 1. The number of rotatable bonds is 1. The van der Waals surface area contributed by atoms with Crippen LogP contribution in [-0.2, 0) is 0 Å².